The number of aromatic nitrogens is 2. The van der Waals surface area contributed by atoms with Crippen LogP contribution in [0, 0.1) is 0 Å². The number of aryl methyl sites for hydroxylation is 1. The Hall–Kier alpha value is -2.55. The average Bonchev–Trinajstić information content (AvgIpc) is 2.84. The molecular weight excluding hydrogens is 308 g/mol. The van der Waals surface area contributed by atoms with E-state index < -0.39 is 16.1 Å². The van der Waals surface area contributed by atoms with Crippen molar-refractivity contribution >= 4 is 27.3 Å². The van der Waals surface area contributed by atoms with Crippen LogP contribution in [0.4, 0.5) is 11.4 Å². The monoisotopic (exact) mass is 322 g/mol. The topological polar surface area (TPSA) is 102 Å². The van der Waals surface area contributed by atoms with Gasteiger partial charge in [0.15, 0.2) is 6.10 Å². The number of amides is 1. The Balaban J connectivity index is 1.92. The number of nitrogens with zero attached hydrogens (tertiary/aromatic N) is 2. The van der Waals surface area contributed by atoms with Gasteiger partial charge in [0, 0.05) is 19.3 Å². The van der Waals surface area contributed by atoms with Gasteiger partial charge in [0.1, 0.15) is 5.75 Å². The van der Waals surface area contributed by atoms with E-state index in [0.717, 1.165) is 0 Å². The van der Waals surface area contributed by atoms with E-state index in [0.29, 0.717) is 17.1 Å². The number of carbonyl (C=O) groups is 1. The van der Waals surface area contributed by atoms with Crippen LogP contribution in [0.25, 0.3) is 0 Å². The van der Waals surface area contributed by atoms with Crippen molar-refractivity contribution in [1.82, 2.24) is 9.78 Å². The third kappa shape index (κ3) is 2.62. The van der Waals surface area contributed by atoms with E-state index in [4.69, 9.17) is 4.74 Å². The standard InChI is InChI=1S/C13H14N4O4S/c1-8-13(18)15-11-4-3-10(5-12(11)21-8)22(19,20)16-9-6-14-17(2)7-9/h3-8,16H,1-2H3,(H,15,18). The Morgan fingerprint density at radius 1 is 1.41 bits per heavy atom. The Morgan fingerprint density at radius 3 is 2.86 bits per heavy atom. The average molecular weight is 322 g/mol. The first-order valence-corrected chi connectivity index (χ1v) is 7.96. The van der Waals surface area contributed by atoms with Crippen molar-refractivity contribution in [3.63, 3.8) is 0 Å². The Morgan fingerprint density at radius 2 is 2.18 bits per heavy atom. The van der Waals surface area contributed by atoms with Gasteiger partial charge in [0.2, 0.25) is 0 Å². The predicted molar refractivity (Wildman–Crippen MR) is 79.2 cm³/mol. The first kappa shape index (κ1) is 14.4. The molecule has 1 aromatic heterocycles. The smallest absolute Gasteiger partial charge is 0.265 e. The zero-order chi connectivity index (χ0) is 15.9. The quantitative estimate of drug-likeness (QED) is 0.875. The Labute approximate surface area is 127 Å². The number of carbonyl (C=O) groups excluding carboxylic acids is 1. The molecule has 116 valence electrons. The molecule has 1 unspecified atom stereocenters. The van der Waals surface area contributed by atoms with Crippen molar-refractivity contribution in [3.8, 4) is 5.75 Å². The van der Waals surface area contributed by atoms with E-state index >= 15 is 0 Å². The number of sulfonamides is 1. The van der Waals surface area contributed by atoms with Crippen LogP contribution < -0.4 is 14.8 Å². The molecule has 1 atom stereocenters. The van der Waals surface area contributed by atoms with Crippen LogP contribution in [0.3, 0.4) is 0 Å². The van der Waals surface area contributed by atoms with Gasteiger partial charge in [0.25, 0.3) is 15.9 Å². The molecule has 1 aromatic carbocycles. The van der Waals surface area contributed by atoms with Crippen molar-refractivity contribution in [1.29, 1.82) is 0 Å². The first-order chi connectivity index (χ1) is 10.3. The maximum Gasteiger partial charge on any atom is 0.265 e. The SMILES string of the molecule is CC1Oc2cc(S(=O)(=O)Nc3cnn(C)c3)ccc2NC1=O. The summed E-state index contributed by atoms with van der Waals surface area (Å²) >= 11 is 0. The lowest BCUT2D eigenvalue weighted by Crippen LogP contribution is -2.34. The number of anilines is 2. The van der Waals surface area contributed by atoms with Crippen LogP contribution >= 0.6 is 0 Å². The molecule has 0 saturated carbocycles. The summed E-state index contributed by atoms with van der Waals surface area (Å²) in [7, 11) is -2.07. The third-order valence-electron chi connectivity index (χ3n) is 3.15. The fraction of sp³-hybridized carbons (Fsp3) is 0.231. The second kappa shape index (κ2) is 5.02. The maximum absolute atomic E-state index is 12.4. The lowest BCUT2D eigenvalue weighted by Gasteiger charge is -2.23. The number of hydrogen-bond acceptors (Lipinski definition) is 5. The molecule has 3 rings (SSSR count). The molecule has 0 aliphatic carbocycles. The molecule has 0 saturated heterocycles. The van der Waals surface area contributed by atoms with E-state index in [1.165, 1.54) is 29.1 Å². The minimum atomic E-state index is -3.76. The van der Waals surface area contributed by atoms with E-state index in [-0.39, 0.29) is 10.8 Å². The van der Waals surface area contributed by atoms with Gasteiger partial charge in [-0.25, -0.2) is 8.42 Å². The molecule has 9 heteroatoms. The molecule has 2 N–H and O–H groups in total. The summed E-state index contributed by atoms with van der Waals surface area (Å²) < 4.78 is 34.0. The highest BCUT2D eigenvalue weighted by atomic mass is 32.2. The van der Waals surface area contributed by atoms with Gasteiger partial charge in [-0.15, -0.1) is 0 Å². The highest BCUT2D eigenvalue weighted by molar-refractivity contribution is 7.92. The maximum atomic E-state index is 12.4. The molecule has 22 heavy (non-hydrogen) atoms. The molecule has 0 bridgehead atoms. The van der Waals surface area contributed by atoms with Crippen LogP contribution in [-0.4, -0.2) is 30.2 Å². The van der Waals surface area contributed by atoms with Crippen LogP contribution in [0.15, 0.2) is 35.5 Å². The summed E-state index contributed by atoms with van der Waals surface area (Å²) in [6.45, 7) is 1.59. The zero-order valence-corrected chi connectivity index (χ0v) is 12.7. The van der Waals surface area contributed by atoms with Gasteiger partial charge >= 0.3 is 0 Å². The minimum Gasteiger partial charge on any atom is -0.479 e. The van der Waals surface area contributed by atoms with Crippen LogP contribution in [0.5, 0.6) is 5.75 Å². The molecule has 8 nitrogen and oxygen atoms in total. The number of rotatable bonds is 3. The number of hydrogen-bond donors (Lipinski definition) is 2. The number of benzene rings is 1. The van der Waals surface area contributed by atoms with Crippen LogP contribution in [0.1, 0.15) is 6.92 Å². The molecule has 1 amide bonds. The van der Waals surface area contributed by atoms with E-state index in [1.54, 1.807) is 20.2 Å². The lowest BCUT2D eigenvalue weighted by molar-refractivity contribution is -0.122. The predicted octanol–water partition coefficient (Wildman–Crippen LogP) is 0.940. The molecule has 1 aliphatic rings. The zero-order valence-electron chi connectivity index (χ0n) is 11.9. The summed E-state index contributed by atoms with van der Waals surface area (Å²) in [4.78, 5) is 11.5. The Bertz CT molecular complexity index is 843. The second-order valence-corrected chi connectivity index (χ2v) is 6.60. The van der Waals surface area contributed by atoms with Gasteiger partial charge in [0.05, 0.1) is 22.5 Å². The van der Waals surface area contributed by atoms with Crippen molar-refractivity contribution in [2.24, 2.45) is 7.05 Å². The third-order valence-corrected chi connectivity index (χ3v) is 4.53. The Kier molecular flexibility index (Phi) is 3.28. The summed E-state index contributed by atoms with van der Waals surface area (Å²) in [5, 5.41) is 6.55. The van der Waals surface area contributed by atoms with Crippen LogP contribution in [-0.2, 0) is 21.9 Å². The lowest BCUT2D eigenvalue weighted by atomic mass is 10.2. The molecule has 0 fully saturated rings. The van der Waals surface area contributed by atoms with Gasteiger partial charge in [-0.2, -0.15) is 5.10 Å². The fourth-order valence-electron chi connectivity index (χ4n) is 2.04. The van der Waals surface area contributed by atoms with Crippen molar-refractivity contribution < 1.29 is 17.9 Å². The molecule has 1 aliphatic heterocycles. The van der Waals surface area contributed by atoms with E-state index in [9.17, 15) is 13.2 Å². The molecule has 0 radical (unpaired) electrons. The van der Waals surface area contributed by atoms with Crippen molar-refractivity contribution in [2.45, 2.75) is 17.9 Å². The normalized spacial score (nSPS) is 17.4. The van der Waals surface area contributed by atoms with Gasteiger partial charge in [-0.3, -0.25) is 14.2 Å². The van der Waals surface area contributed by atoms with E-state index in [1.807, 2.05) is 0 Å². The van der Waals surface area contributed by atoms with Crippen molar-refractivity contribution in [2.75, 3.05) is 10.0 Å². The van der Waals surface area contributed by atoms with Crippen molar-refractivity contribution in [3.05, 3.63) is 30.6 Å². The summed E-state index contributed by atoms with van der Waals surface area (Å²) in [6.07, 6.45) is 2.29. The summed E-state index contributed by atoms with van der Waals surface area (Å²) in [6, 6.07) is 4.28. The largest absolute Gasteiger partial charge is 0.479 e. The fourth-order valence-corrected chi connectivity index (χ4v) is 3.08. The first-order valence-electron chi connectivity index (χ1n) is 6.48. The molecular formula is C13H14N4O4S. The number of fused-ring (bicyclic) bond motifs is 1. The highest BCUT2D eigenvalue weighted by Gasteiger charge is 2.25. The molecule has 2 heterocycles. The van der Waals surface area contributed by atoms with Gasteiger partial charge in [-0.05, 0) is 19.1 Å². The second-order valence-electron chi connectivity index (χ2n) is 4.92. The molecule has 2 aromatic rings. The molecule has 0 spiro atoms. The number of ether oxygens (including phenoxy) is 1. The van der Waals surface area contributed by atoms with E-state index in [2.05, 4.69) is 15.1 Å². The highest BCUT2D eigenvalue weighted by Crippen LogP contribution is 2.32. The van der Waals surface area contributed by atoms with Gasteiger partial charge in [-0.1, -0.05) is 0 Å². The number of nitrogens with one attached hydrogen (secondary N) is 2. The summed E-state index contributed by atoms with van der Waals surface area (Å²) in [5.74, 6) is 0.0535. The minimum absolute atomic E-state index is 0.0402. The van der Waals surface area contributed by atoms with Crippen LogP contribution in [0.2, 0.25) is 0 Å². The summed E-state index contributed by atoms with van der Waals surface area (Å²) in [5.41, 5.74) is 0.811. The van der Waals surface area contributed by atoms with Gasteiger partial charge < -0.3 is 10.1 Å².